The molecule has 23 heavy (non-hydrogen) atoms. The Bertz CT molecular complexity index is 643. The topological polar surface area (TPSA) is 41.1 Å². The van der Waals surface area contributed by atoms with Crippen LogP contribution < -0.4 is 10.6 Å². The largest absolute Gasteiger partial charge is 0.325 e. The number of halogens is 2. The molecule has 0 heterocycles. The van der Waals surface area contributed by atoms with Gasteiger partial charge in [-0.05, 0) is 55.3 Å². The molecule has 122 valence electrons. The van der Waals surface area contributed by atoms with Crippen molar-refractivity contribution in [2.24, 2.45) is 0 Å². The molecule has 1 amide bonds. The summed E-state index contributed by atoms with van der Waals surface area (Å²) in [5, 5.41) is 6.12. The van der Waals surface area contributed by atoms with Crippen molar-refractivity contribution < 1.29 is 9.18 Å². The third-order valence-electron chi connectivity index (χ3n) is 3.64. The van der Waals surface area contributed by atoms with Crippen LogP contribution in [-0.2, 0) is 4.79 Å². The Morgan fingerprint density at radius 1 is 1.13 bits per heavy atom. The van der Waals surface area contributed by atoms with E-state index in [4.69, 9.17) is 0 Å². The molecule has 5 heteroatoms. The summed E-state index contributed by atoms with van der Waals surface area (Å²) < 4.78 is 13.9. The highest BCUT2D eigenvalue weighted by Gasteiger charge is 2.18. The number of anilines is 1. The molecule has 0 aliphatic rings. The van der Waals surface area contributed by atoms with Crippen LogP contribution in [0.3, 0.4) is 0 Å². The van der Waals surface area contributed by atoms with Crippen LogP contribution in [0.5, 0.6) is 0 Å². The van der Waals surface area contributed by atoms with E-state index in [1.807, 2.05) is 31.2 Å². The maximum absolute atomic E-state index is 12.9. The maximum Gasteiger partial charge on any atom is 0.241 e. The molecule has 0 fully saturated rings. The zero-order chi connectivity index (χ0) is 16.8. The van der Waals surface area contributed by atoms with Crippen LogP contribution in [0.2, 0.25) is 0 Å². The van der Waals surface area contributed by atoms with Crippen molar-refractivity contribution in [1.29, 1.82) is 0 Å². The summed E-state index contributed by atoms with van der Waals surface area (Å²) in [5.41, 5.74) is 1.72. The summed E-state index contributed by atoms with van der Waals surface area (Å²) in [7, 11) is 0. The van der Waals surface area contributed by atoms with Gasteiger partial charge in [0.25, 0.3) is 0 Å². The molecule has 0 unspecified atom stereocenters. The molecule has 2 rings (SSSR count). The van der Waals surface area contributed by atoms with E-state index in [0.717, 1.165) is 16.5 Å². The van der Waals surface area contributed by atoms with E-state index in [-0.39, 0.29) is 23.8 Å². The van der Waals surface area contributed by atoms with Crippen LogP contribution in [-0.4, -0.2) is 11.9 Å². The van der Waals surface area contributed by atoms with Gasteiger partial charge < -0.3 is 5.32 Å². The number of hydrogen-bond donors (Lipinski definition) is 2. The molecule has 0 aromatic heterocycles. The molecule has 2 atom stereocenters. The first-order valence-electron chi connectivity index (χ1n) is 7.57. The minimum Gasteiger partial charge on any atom is -0.325 e. The molecule has 0 saturated carbocycles. The Hall–Kier alpha value is -1.72. The maximum atomic E-state index is 12.9. The Morgan fingerprint density at radius 3 is 2.30 bits per heavy atom. The summed E-state index contributed by atoms with van der Waals surface area (Å²) in [5.74, 6) is -0.470. The number of rotatable bonds is 6. The van der Waals surface area contributed by atoms with Crippen LogP contribution >= 0.6 is 15.9 Å². The summed E-state index contributed by atoms with van der Waals surface area (Å²) in [6, 6.07) is 13.5. The molecule has 2 N–H and O–H groups in total. The zero-order valence-electron chi connectivity index (χ0n) is 13.1. The third kappa shape index (κ3) is 5.15. The van der Waals surface area contributed by atoms with Gasteiger partial charge >= 0.3 is 0 Å². The predicted molar refractivity (Wildman–Crippen MR) is 94.8 cm³/mol. The fraction of sp³-hybridized carbons (Fsp3) is 0.278. The normalized spacial score (nSPS) is 13.4. The van der Waals surface area contributed by atoms with E-state index in [1.165, 1.54) is 12.1 Å². The van der Waals surface area contributed by atoms with Crippen molar-refractivity contribution in [1.82, 2.24) is 5.32 Å². The quantitative estimate of drug-likeness (QED) is 0.767. The second-order valence-corrected chi connectivity index (χ2v) is 6.31. The summed E-state index contributed by atoms with van der Waals surface area (Å²) in [6.07, 6.45) is 0.871. The van der Waals surface area contributed by atoms with Crippen molar-refractivity contribution >= 4 is 27.5 Å². The lowest BCUT2D eigenvalue weighted by Gasteiger charge is -2.22. The summed E-state index contributed by atoms with van der Waals surface area (Å²) in [6.45, 7) is 3.89. The molecule has 0 aliphatic heterocycles. The number of benzene rings is 2. The Morgan fingerprint density at radius 2 is 1.74 bits per heavy atom. The lowest BCUT2D eigenvalue weighted by molar-refractivity contribution is -0.118. The van der Waals surface area contributed by atoms with E-state index in [2.05, 4.69) is 33.5 Å². The van der Waals surface area contributed by atoms with Gasteiger partial charge in [0.1, 0.15) is 5.82 Å². The number of carbonyl (C=O) groups excluding carboxylic acids is 1. The van der Waals surface area contributed by atoms with E-state index < -0.39 is 0 Å². The average Bonchev–Trinajstić information content (AvgIpc) is 2.55. The standard InChI is InChI=1S/C18H20BrFN2O/c1-3-17(13-4-6-14(19)7-5-13)21-12(2)18(23)22-16-10-8-15(20)9-11-16/h4-12,17,21H,3H2,1-2H3,(H,22,23)/t12-,17+/m1/s1. The van der Waals surface area contributed by atoms with Gasteiger partial charge in [-0.3, -0.25) is 10.1 Å². The molecule has 0 spiro atoms. The lowest BCUT2D eigenvalue weighted by Crippen LogP contribution is -2.40. The SMILES string of the molecule is CC[C@H](N[C@H](C)C(=O)Nc1ccc(F)cc1)c1ccc(Br)cc1. The Labute approximate surface area is 144 Å². The van der Waals surface area contributed by atoms with E-state index in [9.17, 15) is 9.18 Å². The van der Waals surface area contributed by atoms with Crippen molar-refractivity contribution in [3.63, 3.8) is 0 Å². The van der Waals surface area contributed by atoms with E-state index >= 15 is 0 Å². The molecule has 0 bridgehead atoms. The summed E-state index contributed by atoms with van der Waals surface area (Å²) in [4.78, 5) is 12.3. The minimum atomic E-state index is -0.367. The first-order chi connectivity index (χ1) is 11.0. The van der Waals surface area contributed by atoms with E-state index in [1.54, 1.807) is 12.1 Å². The van der Waals surface area contributed by atoms with E-state index in [0.29, 0.717) is 5.69 Å². The fourth-order valence-corrected chi connectivity index (χ4v) is 2.57. The fourth-order valence-electron chi connectivity index (χ4n) is 2.31. The lowest BCUT2D eigenvalue weighted by atomic mass is 10.0. The van der Waals surface area contributed by atoms with Gasteiger partial charge in [-0.1, -0.05) is 35.0 Å². The highest BCUT2D eigenvalue weighted by Crippen LogP contribution is 2.20. The van der Waals surface area contributed by atoms with Crippen LogP contribution in [0.4, 0.5) is 10.1 Å². The highest BCUT2D eigenvalue weighted by molar-refractivity contribution is 9.10. The molecule has 0 saturated heterocycles. The van der Waals surface area contributed by atoms with Gasteiger partial charge in [0.15, 0.2) is 0 Å². The second kappa shape index (κ2) is 8.22. The number of amides is 1. The molecule has 2 aromatic carbocycles. The first kappa shape index (κ1) is 17.6. The number of carbonyl (C=O) groups is 1. The number of hydrogen-bond acceptors (Lipinski definition) is 2. The van der Waals surface area contributed by atoms with Crippen molar-refractivity contribution in [2.45, 2.75) is 32.4 Å². The Balaban J connectivity index is 1.98. The molecule has 0 radical (unpaired) electrons. The van der Waals surface area contributed by atoms with Crippen LogP contribution in [0.1, 0.15) is 31.9 Å². The molecule has 3 nitrogen and oxygen atoms in total. The van der Waals surface area contributed by atoms with Crippen molar-refractivity contribution in [3.8, 4) is 0 Å². The number of nitrogens with one attached hydrogen (secondary N) is 2. The zero-order valence-corrected chi connectivity index (χ0v) is 14.7. The Kier molecular flexibility index (Phi) is 6.30. The van der Waals surface area contributed by atoms with Gasteiger partial charge in [0, 0.05) is 16.2 Å². The van der Waals surface area contributed by atoms with Crippen LogP contribution in [0, 0.1) is 5.82 Å². The van der Waals surface area contributed by atoms with Gasteiger partial charge in [-0.15, -0.1) is 0 Å². The second-order valence-electron chi connectivity index (χ2n) is 5.40. The summed E-state index contributed by atoms with van der Waals surface area (Å²) >= 11 is 3.42. The molecule has 0 aliphatic carbocycles. The monoisotopic (exact) mass is 378 g/mol. The first-order valence-corrected chi connectivity index (χ1v) is 8.37. The third-order valence-corrected chi connectivity index (χ3v) is 4.17. The smallest absolute Gasteiger partial charge is 0.241 e. The van der Waals surface area contributed by atoms with Gasteiger partial charge in [-0.2, -0.15) is 0 Å². The average molecular weight is 379 g/mol. The predicted octanol–water partition coefficient (Wildman–Crippen LogP) is 4.66. The molecule has 2 aromatic rings. The van der Waals surface area contributed by atoms with Crippen LogP contribution in [0.25, 0.3) is 0 Å². The highest BCUT2D eigenvalue weighted by atomic mass is 79.9. The van der Waals surface area contributed by atoms with Gasteiger partial charge in [-0.25, -0.2) is 4.39 Å². The van der Waals surface area contributed by atoms with Crippen LogP contribution in [0.15, 0.2) is 53.0 Å². The van der Waals surface area contributed by atoms with Gasteiger partial charge in [0.05, 0.1) is 6.04 Å². The minimum absolute atomic E-state index is 0.0945. The van der Waals surface area contributed by atoms with Crippen molar-refractivity contribution in [3.05, 3.63) is 64.4 Å². The van der Waals surface area contributed by atoms with Crippen molar-refractivity contribution in [2.75, 3.05) is 5.32 Å². The van der Waals surface area contributed by atoms with Gasteiger partial charge in [0.2, 0.25) is 5.91 Å². The molecular formula is C18H20BrFN2O. The molecular weight excluding hydrogens is 359 g/mol.